The summed E-state index contributed by atoms with van der Waals surface area (Å²) in [5.74, 6) is 0. The van der Waals surface area contributed by atoms with Gasteiger partial charge < -0.3 is 4.57 Å². The number of hydrogen-bond donors (Lipinski definition) is 1. The van der Waals surface area contributed by atoms with Crippen LogP contribution in [-0.4, -0.2) is 10.3 Å². The van der Waals surface area contributed by atoms with Gasteiger partial charge in [0.05, 0.1) is 16.7 Å². The van der Waals surface area contributed by atoms with Crippen molar-refractivity contribution in [2.24, 2.45) is 0 Å². The van der Waals surface area contributed by atoms with E-state index in [4.69, 9.17) is 5.41 Å². The molecule has 0 unspecified atom stereocenters. The quantitative estimate of drug-likeness (QED) is 0.187. The van der Waals surface area contributed by atoms with Crippen LogP contribution in [0.25, 0.3) is 60.9 Å². The van der Waals surface area contributed by atoms with Crippen molar-refractivity contribution in [1.29, 1.82) is 5.41 Å². The highest BCUT2D eigenvalue weighted by Gasteiger charge is 2.35. The fourth-order valence-corrected chi connectivity index (χ4v) is 7.74. The van der Waals surface area contributed by atoms with Crippen LogP contribution in [0.15, 0.2) is 164 Å². The molecule has 9 rings (SSSR count). The van der Waals surface area contributed by atoms with E-state index in [1.54, 1.807) is 0 Å². The Hall–Kier alpha value is -5.99. The summed E-state index contributed by atoms with van der Waals surface area (Å²) in [7, 11) is 0. The first-order valence-corrected chi connectivity index (χ1v) is 16.6. The normalized spacial score (nSPS) is 13.0. The minimum atomic E-state index is -0.0298. The lowest BCUT2D eigenvalue weighted by Crippen LogP contribution is -2.14. The summed E-state index contributed by atoms with van der Waals surface area (Å²) in [5, 5.41) is 11.2. The topological polar surface area (TPSA) is 28.8 Å². The van der Waals surface area contributed by atoms with Gasteiger partial charge in [-0.2, -0.15) is 0 Å². The van der Waals surface area contributed by atoms with Gasteiger partial charge in [-0.1, -0.05) is 141 Å². The Labute approximate surface area is 281 Å². The molecule has 0 saturated heterocycles. The molecular formula is C46H34N2. The molecule has 8 aromatic rings. The van der Waals surface area contributed by atoms with E-state index in [0.29, 0.717) is 5.71 Å². The molecule has 0 amide bonds. The number of rotatable bonds is 5. The second kappa shape index (κ2) is 10.8. The summed E-state index contributed by atoms with van der Waals surface area (Å²) in [4.78, 5) is 0. The van der Waals surface area contributed by atoms with E-state index in [9.17, 15) is 0 Å². The van der Waals surface area contributed by atoms with Crippen molar-refractivity contribution >= 4 is 27.5 Å². The fourth-order valence-electron chi connectivity index (χ4n) is 7.74. The highest BCUT2D eigenvalue weighted by atomic mass is 15.0. The van der Waals surface area contributed by atoms with Crippen LogP contribution in [0.3, 0.4) is 0 Å². The van der Waals surface area contributed by atoms with Crippen LogP contribution in [0.1, 0.15) is 36.1 Å². The summed E-state index contributed by atoms with van der Waals surface area (Å²) in [5.41, 5.74) is 16.1. The van der Waals surface area contributed by atoms with Crippen molar-refractivity contribution in [2.75, 3.05) is 0 Å². The third kappa shape index (κ3) is 4.37. The van der Waals surface area contributed by atoms with Gasteiger partial charge in [-0.15, -0.1) is 0 Å². The zero-order chi connectivity index (χ0) is 32.4. The molecule has 1 aromatic heterocycles. The van der Waals surface area contributed by atoms with Crippen LogP contribution in [0.5, 0.6) is 0 Å². The molecule has 228 valence electrons. The van der Waals surface area contributed by atoms with Crippen molar-refractivity contribution in [3.8, 4) is 39.1 Å². The van der Waals surface area contributed by atoms with Gasteiger partial charge in [0.2, 0.25) is 0 Å². The lowest BCUT2D eigenvalue weighted by molar-refractivity contribution is 0.660. The molecule has 0 saturated carbocycles. The highest BCUT2D eigenvalue weighted by Crippen LogP contribution is 2.49. The molecule has 2 heteroatoms. The average molecular weight is 615 g/mol. The Kier molecular flexibility index (Phi) is 6.35. The molecule has 1 aliphatic rings. The van der Waals surface area contributed by atoms with Crippen LogP contribution in [0, 0.1) is 5.41 Å². The van der Waals surface area contributed by atoms with E-state index >= 15 is 0 Å². The maximum Gasteiger partial charge on any atom is 0.0684 e. The first-order valence-electron chi connectivity index (χ1n) is 16.6. The summed E-state index contributed by atoms with van der Waals surface area (Å²) < 4.78 is 2.36. The first kappa shape index (κ1) is 28.3. The zero-order valence-corrected chi connectivity index (χ0v) is 27.0. The molecule has 1 aliphatic carbocycles. The van der Waals surface area contributed by atoms with Gasteiger partial charge in [-0.25, -0.2) is 0 Å². The Morgan fingerprint density at radius 2 is 1.06 bits per heavy atom. The molecule has 7 aromatic carbocycles. The summed E-state index contributed by atoms with van der Waals surface area (Å²) in [6.07, 6.45) is 0. The first-order chi connectivity index (χ1) is 23.5. The summed E-state index contributed by atoms with van der Waals surface area (Å²) in [6.45, 7) is 4.68. The zero-order valence-electron chi connectivity index (χ0n) is 27.0. The minimum Gasteiger partial charge on any atom is -0.309 e. The van der Waals surface area contributed by atoms with Crippen molar-refractivity contribution in [3.63, 3.8) is 0 Å². The molecule has 0 atom stereocenters. The highest BCUT2D eigenvalue weighted by molar-refractivity contribution is 6.12. The molecular weight excluding hydrogens is 581 g/mol. The third-order valence-electron chi connectivity index (χ3n) is 10.3. The monoisotopic (exact) mass is 614 g/mol. The lowest BCUT2D eigenvalue weighted by atomic mass is 9.81. The van der Waals surface area contributed by atoms with Crippen molar-refractivity contribution < 1.29 is 0 Å². The molecule has 0 aliphatic heterocycles. The van der Waals surface area contributed by atoms with Gasteiger partial charge in [0.25, 0.3) is 0 Å². The van der Waals surface area contributed by atoms with E-state index in [1.807, 2.05) is 30.3 Å². The van der Waals surface area contributed by atoms with E-state index < -0.39 is 0 Å². The van der Waals surface area contributed by atoms with E-state index in [2.05, 4.69) is 152 Å². The molecule has 0 spiro atoms. The molecule has 48 heavy (non-hydrogen) atoms. The average Bonchev–Trinajstić information content (AvgIpc) is 3.60. The lowest BCUT2D eigenvalue weighted by Gasteiger charge is -2.22. The minimum absolute atomic E-state index is 0.0298. The smallest absolute Gasteiger partial charge is 0.0684 e. The molecule has 0 radical (unpaired) electrons. The predicted octanol–water partition coefficient (Wildman–Crippen LogP) is 11.8. The van der Waals surface area contributed by atoms with Crippen molar-refractivity contribution in [3.05, 3.63) is 186 Å². The summed E-state index contributed by atoms with van der Waals surface area (Å²) in [6, 6.07) is 58.6. The standard InChI is InChI=1S/C46H34N2/c1-46(2)41-17-8-6-15-37(41)38-25-21-34(28-42(38)46)32-13-10-14-33(27-32)35-22-26-40-39-16-7-9-18-43(39)48(44(40)29-35)36-23-19-31(20-24-36)45(47)30-11-4-3-5-12-30/h3-29,47H,1-2H3. The maximum atomic E-state index is 8.76. The number of para-hydroxylation sites is 1. The van der Waals surface area contributed by atoms with Crippen LogP contribution in [0.2, 0.25) is 0 Å². The Bertz CT molecular complexity index is 2530. The largest absolute Gasteiger partial charge is 0.309 e. The van der Waals surface area contributed by atoms with Crippen LogP contribution in [0.4, 0.5) is 0 Å². The van der Waals surface area contributed by atoms with Gasteiger partial charge in [-0.05, 0) is 86.5 Å². The molecule has 1 heterocycles. The van der Waals surface area contributed by atoms with Crippen LogP contribution in [-0.2, 0) is 5.41 Å². The number of nitrogens with zero attached hydrogens (tertiary/aromatic N) is 1. The molecule has 0 fully saturated rings. The maximum absolute atomic E-state index is 8.76. The van der Waals surface area contributed by atoms with Crippen molar-refractivity contribution in [1.82, 2.24) is 4.57 Å². The summed E-state index contributed by atoms with van der Waals surface area (Å²) >= 11 is 0. The number of hydrogen-bond acceptors (Lipinski definition) is 1. The van der Waals surface area contributed by atoms with Crippen LogP contribution < -0.4 is 0 Å². The fraction of sp³-hybridized carbons (Fsp3) is 0.0652. The Morgan fingerprint density at radius 3 is 1.88 bits per heavy atom. The Morgan fingerprint density at radius 1 is 0.458 bits per heavy atom. The predicted molar refractivity (Wildman–Crippen MR) is 202 cm³/mol. The van der Waals surface area contributed by atoms with Gasteiger partial charge >= 0.3 is 0 Å². The van der Waals surface area contributed by atoms with Gasteiger partial charge in [-0.3, -0.25) is 5.41 Å². The number of fused-ring (bicyclic) bond motifs is 6. The number of aromatic nitrogens is 1. The van der Waals surface area contributed by atoms with Crippen molar-refractivity contribution in [2.45, 2.75) is 19.3 Å². The van der Waals surface area contributed by atoms with Gasteiger partial charge in [0, 0.05) is 27.4 Å². The van der Waals surface area contributed by atoms with Gasteiger partial charge in [0.1, 0.15) is 0 Å². The second-order valence-corrected chi connectivity index (χ2v) is 13.4. The van der Waals surface area contributed by atoms with E-state index in [-0.39, 0.29) is 5.41 Å². The number of benzene rings is 7. The van der Waals surface area contributed by atoms with Gasteiger partial charge in [0.15, 0.2) is 0 Å². The van der Waals surface area contributed by atoms with E-state index in [1.165, 1.54) is 66.3 Å². The third-order valence-corrected chi connectivity index (χ3v) is 10.3. The molecule has 1 N–H and O–H groups in total. The molecule has 2 nitrogen and oxygen atoms in total. The van der Waals surface area contributed by atoms with Crippen LogP contribution >= 0.6 is 0 Å². The van der Waals surface area contributed by atoms with E-state index in [0.717, 1.165) is 16.8 Å². The SMILES string of the molecule is CC1(C)c2ccccc2-c2ccc(-c3cccc(-c4ccc5c6ccccc6n(-c6ccc(C(=N)c7ccccc7)cc6)c5c4)c3)cc21. The number of nitrogens with one attached hydrogen (secondary N) is 1. The molecule has 0 bridgehead atoms. The second-order valence-electron chi connectivity index (χ2n) is 13.4. The Balaban J connectivity index is 1.12.